The molecule has 2 rings (SSSR count). The van der Waals surface area contributed by atoms with Gasteiger partial charge >= 0.3 is 0 Å². The monoisotopic (exact) mass is 452 g/mol. The van der Waals surface area contributed by atoms with Crippen molar-refractivity contribution in [2.75, 3.05) is 0 Å². The normalized spacial score (nSPS) is 12.2. The van der Waals surface area contributed by atoms with Gasteiger partial charge in [0.05, 0.1) is 24.7 Å². The lowest BCUT2D eigenvalue weighted by atomic mass is 9.76. The smallest absolute Gasteiger partial charge is 0.171 e. The lowest BCUT2D eigenvalue weighted by molar-refractivity contribution is 0.222. The van der Waals surface area contributed by atoms with Crippen LogP contribution in [0.1, 0.15) is 77.6 Å². The van der Waals surface area contributed by atoms with Crippen LogP contribution in [0.2, 0.25) is 0 Å². The Balaban J connectivity index is 2.82. The van der Waals surface area contributed by atoms with Crippen LogP contribution in [0.4, 0.5) is 0 Å². The first-order valence-corrected chi connectivity index (χ1v) is 11.7. The van der Waals surface area contributed by atoms with Gasteiger partial charge < -0.3 is 18.9 Å². The molecule has 0 aliphatic carbocycles. The molecule has 0 radical (unpaired) electrons. The molecule has 0 aliphatic rings. The van der Waals surface area contributed by atoms with Crippen LogP contribution in [-0.2, 0) is 5.41 Å². The van der Waals surface area contributed by atoms with Gasteiger partial charge in [0.2, 0.25) is 0 Å². The number of hydrogen-bond acceptors (Lipinski definition) is 4. The van der Waals surface area contributed by atoms with Crippen LogP contribution >= 0.6 is 0 Å². The molecular weight excluding hydrogens is 412 g/mol. The fourth-order valence-electron chi connectivity index (χ4n) is 3.72. The van der Waals surface area contributed by atoms with Gasteiger partial charge in [0.15, 0.2) is 23.0 Å². The van der Waals surface area contributed by atoms with Crippen LogP contribution in [0.3, 0.4) is 0 Å². The molecule has 33 heavy (non-hydrogen) atoms. The molecule has 0 heterocycles. The zero-order valence-electron chi connectivity index (χ0n) is 21.9. The SMILES string of the molecule is CC=COc1c(C)ccc(C(C)(C)c2ccc(C)c(OC=CC)c2OC(C)C)c1OC(C)C. The third-order valence-corrected chi connectivity index (χ3v) is 5.32. The number of allylic oxidation sites excluding steroid dienone is 2. The van der Waals surface area contributed by atoms with Crippen LogP contribution in [0.25, 0.3) is 0 Å². The summed E-state index contributed by atoms with van der Waals surface area (Å²) in [6.07, 6.45) is 7.11. The van der Waals surface area contributed by atoms with Crippen molar-refractivity contribution in [3.8, 4) is 23.0 Å². The fraction of sp³-hybridized carbons (Fsp3) is 0.448. The van der Waals surface area contributed by atoms with Gasteiger partial charge in [0.25, 0.3) is 0 Å². The van der Waals surface area contributed by atoms with Crippen molar-refractivity contribution in [2.45, 2.75) is 86.9 Å². The Hall–Kier alpha value is -2.88. The summed E-state index contributed by atoms with van der Waals surface area (Å²) in [4.78, 5) is 0. The molecule has 0 spiro atoms. The Labute approximate surface area is 200 Å². The van der Waals surface area contributed by atoms with Gasteiger partial charge in [-0.1, -0.05) is 50.3 Å². The Kier molecular flexibility index (Phi) is 9.04. The van der Waals surface area contributed by atoms with Gasteiger partial charge in [-0.05, 0) is 66.5 Å². The summed E-state index contributed by atoms with van der Waals surface area (Å²) in [5, 5.41) is 0. The van der Waals surface area contributed by atoms with Crippen molar-refractivity contribution in [2.24, 2.45) is 0 Å². The first kappa shape index (κ1) is 26.4. The summed E-state index contributed by atoms with van der Waals surface area (Å²) in [6, 6.07) is 8.41. The van der Waals surface area contributed by atoms with Gasteiger partial charge in [-0.3, -0.25) is 0 Å². The minimum absolute atomic E-state index is 0.00714. The topological polar surface area (TPSA) is 36.9 Å². The Morgan fingerprint density at radius 2 is 1.00 bits per heavy atom. The third kappa shape index (κ3) is 6.13. The van der Waals surface area contributed by atoms with E-state index in [0.29, 0.717) is 0 Å². The molecule has 0 bridgehead atoms. The van der Waals surface area contributed by atoms with Crippen LogP contribution in [0.5, 0.6) is 23.0 Å². The van der Waals surface area contributed by atoms with Crippen LogP contribution in [0, 0.1) is 13.8 Å². The van der Waals surface area contributed by atoms with Gasteiger partial charge in [0.1, 0.15) is 0 Å². The van der Waals surface area contributed by atoms with Crippen LogP contribution < -0.4 is 18.9 Å². The van der Waals surface area contributed by atoms with Gasteiger partial charge in [-0.2, -0.15) is 0 Å². The van der Waals surface area contributed by atoms with Gasteiger partial charge in [-0.25, -0.2) is 0 Å². The molecule has 0 saturated heterocycles. The van der Waals surface area contributed by atoms with E-state index in [2.05, 4.69) is 38.1 Å². The quantitative estimate of drug-likeness (QED) is 0.342. The standard InChI is InChI=1S/C29H40O4/c1-11-17-30-25-21(7)13-15-23(27(25)32-19(3)4)29(9,10)24-16-14-22(8)26(31-18-12-2)28(24)33-20(5)6/h11-20H,1-10H3. The molecule has 0 N–H and O–H groups in total. The van der Waals surface area contributed by atoms with Gasteiger partial charge in [0, 0.05) is 16.5 Å². The van der Waals surface area contributed by atoms with Crippen molar-refractivity contribution in [1.29, 1.82) is 0 Å². The number of rotatable bonds is 10. The maximum Gasteiger partial charge on any atom is 0.171 e. The van der Waals surface area contributed by atoms with Crippen molar-refractivity contribution < 1.29 is 18.9 Å². The molecule has 180 valence electrons. The summed E-state index contributed by atoms with van der Waals surface area (Å²) in [7, 11) is 0. The number of benzene rings is 2. The zero-order valence-corrected chi connectivity index (χ0v) is 21.9. The number of ether oxygens (including phenoxy) is 4. The summed E-state index contributed by atoms with van der Waals surface area (Å²) in [5.74, 6) is 2.97. The molecule has 2 aromatic rings. The molecule has 0 atom stereocenters. The predicted octanol–water partition coefficient (Wildman–Crippen LogP) is 8.03. The highest BCUT2D eigenvalue weighted by Crippen LogP contribution is 2.49. The molecule has 0 aliphatic heterocycles. The van der Waals surface area contributed by atoms with E-state index >= 15 is 0 Å². The third-order valence-electron chi connectivity index (χ3n) is 5.32. The van der Waals surface area contributed by atoms with E-state index < -0.39 is 5.41 Å². The Morgan fingerprint density at radius 1 is 0.636 bits per heavy atom. The van der Waals surface area contributed by atoms with E-state index in [1.54, 1.807) is 12.5 Å². The first-order valence-electron chi connectivity index (χ1n) is 11.7. The first-order chi connectivity index (χ1) is 15.5. The molecule has 4 nitrogen and oxygen atoms in total. The summed E-state index contributed by atoms with van der Waals surface area (Å²) < 4.78 is 24.7. The highest BCUT2D eigenvalue weighted by atomic mass is 16.5. The zero-order chi connectivity index (χ0) is 24.8. The van der Waals surface area contributed by atoms with E-state index in [1.807, 2.05) is 67.5 Å². The molecule has 0 amide bonds. The average molecular weight is 453 g/mol. The van der Waals surface area contributed by atoms with E-state index in [9.17, 15) is 0 Å². The minimum atomic E-state index is -0.460. The average Bonchev–Trinajstić information content (AvgIpc) is 2.72. The van der Waals surface area contributed by atoms with Crippen LogP contribution in [-0.4, -0.2) is 12.2 Å². The molecule has 2 aromatic carbocycles. The number of aryl methyl sites for hydroxylation is 2. The van der Waals surface area contributed by atoms with E-state index in [4.69, 9.17) is 18.9 Å². The summed E-state index contributed by atoms with van der Waals surface area (Å²) in [6.45, 7) is 20.4. The predicted molar refractivity (Wildman–Crippen MR) is 137 cm³/mol. The molecule has 0 aromatic heterocycles. The summed E-state index contributed by atoms with van der Waals surface area (Å²) in [5.41, 5.74) is 3.62. The largest absolute Gasteiger partial charge is 0.487 e. The highest BCUT2D eigenvalue weighted by molar-refractivity contribution is 5.62. The van der Waals surface area contributed by atoms with E-state index in [-0.39, 0.29) is 12.2 Å². The molecule has 0 saturated carbocycles. The highest BCUT2D eigenvalue weighted by Gasteiger charge is 2.34. The minimum Gasteiger partial charge on any atom is -0.487 e. The van der Waals surface area contributed by atoms with Crippen molar-refractivity contribution in [3.05, 3.63) is 71.2 Å². The molecule has 4 heteroatoms. The molecule has 0 fully saturated rings. The summed E-state index contributed by atoms with van der Waals surface area (Å²) >= 11 is 0. The van der Waals surface area contributed by atoms with Crippen molar-refractivity contribution in [1.82, 2.24) is 0 Å². The molecule has 0 unspecified atom stereocenters. The maximum atomic E-state index is 6.36. The second-order valence-corrected chi connectivity index (χ2v) is 9.31. The molecular formula is C29H40O4. The van der Waals surface area contributed by atoms with Crippen molar-refractivity contribution >= 4 is 0 Å². The van der Waals surface area contributed by atoms with Gasteiger partial charge in [-0.15, -0.1) is 0 Å². The fourth-order valence-corrected chi connectivity index (χ4v) is 3.72. The van der Waals surface area contributed by atoms with E-state index in [0.717, 1.165) is 45.3 Å². The second kappa shape index (κ2) is 11.3. The second-order valence-electron chi connectivity index (χ2n) is 9.31. The Bertz CT molecular complexity index is 918. The Morgan fingerprint density at radius 3 is 1.30 bits per heavy atom. The maximum absolute atomic E-state index is 6.36. The van der Waals surface area contributed by atoms with E-state index in [1.165, 1.54) is 0 Å². The van der Waals surface area contributed by atoms with Crippen molar-refractivity contribution in [3.63, 3.8) is 0 Å². The number of hydrogen-bond donors (Lipinski definition) is 0. The van der Waals surface area contributed by atoms with Crippen LogP contribution in [0.15, 0.2) is 48.9 Å². The lowest BCUT2D eigenvalue weighted by Crippen LogP contribution is -2.24. The lowest BCUT2D eigenvalue weighted by Gasteiger charge is -2.33.